The van der Waals surface area contributed by atoms with E-state index in [1.807, 2.05) is 20.8 Å². The van der Waals surface area contributed by atoms with Crippen molar-refractivity contribution < 1.29 is 24.2 Å². The Balaban J connectivity index is 1.71. The van der Waals surface area contributed by atoms with E-state index in [0.717, 1.165) is 19.6 Å². The Kier molecular flexibility index (Phi) is 6.25. The van der Waals surface area contributed by atoms with Crippen LogP contribution < -0.4 is 4.74 Å². The molecule has 1 aliphatic rings. The SMILES string of the molecule is CC(C)(C)OC(=O)N1CCN(CCOc2cccc(C(=O)O)c2)CC1. The van der Waals surface area contributed by atoms with Gasteiger partial charge in [0.1, 0.15) is 18.0 Å². The van der Waals surface area contributed by atoms with E-state index in [0.29, 0.717) is 25.4 Å². The first-order chi connectivity index (χ1) is 11.7. The van der Waals surface area contributed by atoms with Crippen molar-refractivity contribution in [1.82, 2.24) is 9.80 Å². The summed E-state index contributed by atoms with van der Waals surface area (Å²) < 4.78 is 11.0. The van der Waals surface area contributed by atoms with Gasteiger partial charge in [-0.25, -0.2) is 9.59 Å². The first kappa shape index (κ1) is 19.1. The second kappa shape index (κ2) is 8.20. The van der Waals surface area contributed by atoms with Crippen LogP contribution in [-0.2, 0) is 4.74 Å². The number of hydrogen-bond donors (Lipinski definition) is 1. The van der Waals surface area contributed by atoms with Gasteiger partial charge in [-0.05, 0) is 39.0 Å². The average Bonchev–Trinajstić information content (AvgIpc) is 2.54. The minimum absolute atomic E-state index is 0.212. The second-order valence-corrected chi connectivity index (χ2v) is 6.99. The average molecular weight is 350 g/mol. The van der Waals surface area contributed by atoms with Crippen molar-refractivity contribution in [1.29, 1.82) is 0 Å². The number of hydrogen-bond acceptors (Lipinski definition) is 5. The highest BCUT2D eigenvalue weighted by molar-refractivity contribution is 5.87. The van der Waals surface area contributed by atoms with E-state index >= 15 is 0 Å². The molecule has 2 rings (SSSR count). The first-order valence-corrected chi connectivity index (χ1v) is 8.41. The molecule has 0 saturated carbocycles. The molecule has 1 N–H and O–H groups in total. The van der Waals surface area contributed by atoms with Gasteiger partial charge in [0, 0.05) is 32.7 Å². The van der Waals surface area contributed by atoms with Gasteiger partial charge < -0.3 is 19.5 Å². The number of aromatic carboxylic acids is 1. The molecule has 25 heavy (non-hydrogen) atoms. The fraction of sp³-hybridized carbons (Fsp3) is 0.556. The van der Waals surface area contributed by atoms with Crippen molar-refractivity contribution >= 4 is 12.1 Å². The number of carboxylic acid groups (broad SMARTS) is 1. The third kappa shape index (κ3) is 6.26. The second-order valence-electron chi connectivity index (χ2n) is 6.99. The van der Waals surface area contributed by atoms with Crippen LogP contribution in [0.25, 0.3) is 0 Å². The lowest BCUT2D eigenvalue weighted by atomic mass is 10.2. The maximum atomic E-state index is 12.0. The van der Waals surface area contributed by atoms with Crippen molar-refractivity contribution in [2.45, 2.75) is 26.4 Å². The zero-order valence-corrected chi connectivity index (χ0v) is 15.0. The van der Waals surface area contributed by atoms with E-state index in [1.165, 1.54) is 12.1 Å². The predicted molar refractivity (Wildman–Crippen MR) is 93.1 cm³/mol. The maximum Gasteiger partial charge on any atom is 0.410 e. The standard InChI is InChI=1S/C18H26N2O5/c1-18(2,3)25-17(23)20-9-7-19(8-10-20)11-12-24-15-6-4-5-14(13-15)16(21)22/h4-6,13H,7-12H2,1-3H3,(H,21,22). The van der Waals surface area contributed by atoms with Crippen molar-refractivity contribution in [3.8, 4) is 5.75 Å². The van der Waals surface area contributed by atoms with Crippen LogP contribution in [-0.4, -0.2) is 71.9 Å². The molecule has 1 heterocycles. The van der Waals surface area contributed by atoms with Crippen LogP contribution in [0, 0.1) is 0 Å². The molecule has 7 heteroatoms. The first-order valence-electron chi connectivity index (χ1n) is 8.41. The van der Waals surface area contributed by atoms with Gasteiger partial charge in [-0.1, -0.05) is 6.07 Å². The predicted octanol–water partition coefficient (Wildman–Crippen LogP) is 2.32. The molecule has 0 aliphatic carbocycles. The van der Waals surface area contributed by atoms with Gasteiger partial charge in [-0.15, -0.1) is 0 Å². The smallest absolute Gasteiger partial charge is 0.410 e. The molecule has 1 fully saturated rings. The topological polar surface area (TPSA) is 79.3 Å². The number of nitrogens with zero attached hydrogens (tertiary/aromatic N) is 2. The largest absolute Gasteiger partial charge is 0.492 e. The number of carboxylic acids is 1. The highest BCUT2D eigenvalue weighted by Crippen LogP contribution is 2.14. The van der Waals surface area contributed by atoms with Crippen LogP contribution in [0.2, 0.25) is 0 Å². The molecular formula is C18H26N2O5. The van der Waals surface area contributed by atoms with Gasteiger partial charge in [0.2, 0.25) is 0 Å². The summed E-state index contributed by atoms with van der Waals surface area (Å²) in [6.07, 6.45) is -0.270. The minimum atomic E-state index is -0.969. The number of piperazine rings is 1. The van der Waals surface area contributed by atoms with Crippen molar-refractivity contribution in [2.24, 2.45) is 0 Å². The summed E-state index contributed by atoms with van der Waals surface area (Å²) in [6, 6.07) is 6.46. The number of amides is 1. The van der Waals surface area contributed by atoms with Crippen LogP contribution in [0.15, 0.2) is 24.3 Å². The van der Waals surface area contributed by atoms with Gasteiger partial charge in [0.25, 0.3) is 0 Å². The Bertz CT molecular complexity index is 604. The van der Waals surface area contributed by atoms with E-state index in [4.69, 9.17) is 14.6 Å². The summed E-state index contributed by atoms with van der Waals surface area (Å²) >= 11 is 0. The van der Waals surface area contributed by atoms with Gasteiger partial charge in [-0.2, -0.15) is 0 Å². The molecule has 1 aliphatic heterocycles. The molecule has 0 aromatic heterocycles. The van der Waals surface area contributed by atoms with Crippen LogP contribution in [0.1, 0.15) is 31.1 Å². The van der Waals surface area contributed by atoms with E-state index in [1.54, 1.807) is 17.0 Å². The zero-order chi connectivity index (χ0) is 18.4. The van der Waals surface area contributed by atoms with Gasteiger partial charge >= 0.3 is 12.1 Å². The van der Waals surface area contributed by atoms with Crippen molar-refractivity contribution in [3.05, 3.63) is 29.8 Å². The van der Waals surface area contributed by atoms with E-state index in [9.17, 15) is 9.59 Å². The van der Waals surface area contributed by atoms with Crippen molar-refractivity contribution in [3.63, 3.8) is 0 Å². The molecule has 1 saturated heterocycles. The summed E-state index contributed by atoms with van der Waals surface area (Å²) in [7, 11) is 0. The number of ether oxygens (including phenoxy) is 2. The lowest BCUT2D eigenvalue weighted by Gasteiger charge is -2.35. The molecule has 1 aromatic rings. The molecule has 1 aromatic carbocycles. The van der Waals surface area contributed by atoms with E-state index in [-0.39, 0.29) is 11.7 Å². The molecule has 0 spiro atoms. The molecule has 0 radical (unpaired) electrons. The van der Waals surface area contributed by atoms with Crippen LogP contribution in [0.3, 0.4) is 0 Å². The van der Waals surface area contributed by atoms with Gasteiger partial charge in [0.15, 0.2) is 0 Å². The van der Waals surface area contributed by atoms with E-state index < -0.39 is 11.6 Å². The monoisotopic (exact) mass is 350 g/mol. The summed E-state index contributed by atoms with van der Waals surface area (Å²) in [4.78, 5) is 26.9. The summed E-state index contributed by atoms with van der Waals surface area (Å²) in [6.45, 7) is 9.55. The fourth-order valence-electron chi connectivity index (χ4n) is 2.49. The Morgan fingerprint density at radius 2 is 1.84 bits per heavy atom. The summed E-state index contributed by atoms with van der Waals surface area (Å²) in [5.41, 5.74) is -0.268. The van der Waals surface area contributed by atoms with Crippen LogP contribution in [0.4, 0.5) is 4.79 Å². The van der Waals surface area contributed by atoms with Crippen LogP contribution in [0.5, 0.6) is 5.75 Å². The van der Waals surface area contributed by atoms with Crippen LogP contribution >= 0.6 is 0 Å². The Hall–Kier alpha value is -2.28. The number of benzene rings is 1. The van der Waals surface area contributed by atoms with Crippen molar-refractivity contribution in [2.75, 3.05) is 39.3 Å². The molecule has 7 nitrogen and oxygen atoms in total. The van der Waals surface area contributed by atoms with Gasteiger partial charge in [0.05, 0.1) is 5.56 Å². The number of rotatable bonds is 5. The normalized spacial score (nSPS) is 15.7. The Labute approximate surface area is 148 Å². The fourth-order valence-corrected chi connectivity index (χ4v) is 2.49. The molecule has 0 bridgehead atoms. The zero-order valence-electron chi connectivity index (χ0n) is 15.0. The Morgan fingerprint density at radius 3 is 2.44 bits per heavy atom. The summed E-state index contributed by atoms with van der Waals surface area (Å²) in [5, 5.41) is 8.97. The number of carbonyl (C=O) groups is 2. The lowest BCUT2D eigenvalue weighted by molar-refractivity contribution is 0.0136. The Morgan fingerprint density at radius 1 is 1.16 bits per heavy atom. The molecule has 0 atom stereocenters. The summed E-state index contributed by atoms with van der Waals surface area (Å²) in [5.74, 6) is -0.420. The number of carbonyl (C=O) groups excluding carboxylic acids is 1. The van der Waals surface area contributed by atoms with E-state index in [2.05, 4.69) is 4.90 Å². The molecule has 0 unspecified atom stereocenters. The highest BCUT2D eigenvalue weighted by Gasteiger charge is 2.25. The highest BCUT2D eigenvalue weighted by atomic mass is 16.6. The molecule has 138 valence electrons. The third-order valence-electron chi connectivity index (χ3n) is 3.78. The maximum absolute atomic E-state index is 12.0. The quantitative estimate of drug-likeness (QED) is 0.878. The molecular weight excluding hydrogens is 324 g/mol. The molecule has 1 amide bonds. The lowest BCUT2D eigenvalue weighted by Crippen LogP contribution is -2.50. The van der Waals surface area contributed by atoms with Gasteiger partial charge in [-0.3, -0.25) is 4.90 Å². The minimum Gasteiger partial charge on any atom is -0.492 e. The third-order valence-corrected chi connectivity index (χ3v) is 3.78.